The lowest BCUT2D eigenvalue weighted by molar-refractivity contribution is -0.132. The van der Waals surface area contributed by atoms with Crippen LogP contribution in [0.2, 0.25) is 5.15 Å². The van der Waals surface area contributed by atoms with Gasteiger partial charge in [-0.1, -0.05) is 11.6 Å². The van der Waals surface area contributed by atoms with Gasteiger partial charge < -0.3 is 4.90 Å². The van der Waals surface area contributed by atoms with Crippen molar-refractivity contribution >= 4 is 33.2 Å². The molecule has 2 rings (SSSR count). The second kappa shape index (κ2) is 9.55. The molecule has 0 aliphatic carbocycles. The van der Waals surface area contributed by atoms with Crippen LogP contribution in [-0.2, 0) is 14.8 Å². The SMILES string of the molecule is CCN(C(=O)CCS(=O)(=O)NCCC(F)(F)F)c1c(-c2cccnc2)n[nH]c1Cl. The number of alkyl halides is 3. The molecule has 0 aliphatic heterocycles. The van der Waals surface area contributed by atoms with E-state index in [-0.39, 0.29) is 17.4 Å². The number of nitrogens with zero attached hydrogens (tertiary/aromatic N) is 3. The number of H-pyrrole nitrogens is 1. The minimum absolute atomic E-state index is 0.0882. The number of hydrogen-bond donors (Lipinski definition) is 2. The highest BCUT2D eigenvalue weighted by Gasteiger charge is 2.28. The quantitative estimate of drug-likeness (QED) is 0.607. The van der Waals surface area contributed by atoms with Crippen molar-refractivity contribution in [2.45, 2.75) is 25.9 Å². The number of anilines is 1. The second-order valence-corrected chi connectivity index (χ2v) is 8.25. The van der Waals surface area contributed by atoms with E-state index in [1.54, 1.807) is 25.3 Å². The van der Waals surface area contributed by atoms with Crippen molar-refractivity contribution in [2.75, 3.05) is 23.7 Å². The van der Waals surface area contributed by atoms with Crippen LogP contribution in [0, 0.1) is 0 Å². The van der Waals surface area contributed by atoms with E-state index in [2.05, 4.69) is 15.2 Å². The fraction of sp³-hybridized carbons (Fsp3) is 0.438. The van der Waals surface area contributed by atoms with Gasteiger partial charge in [0, 0.05) is 37.5 Å². The second-order valence-electron chi connectivity index (χ2n) is 5.94. The molecule has 0 radical (unpaired) electrons. The number of carbonyl (C=O) groups is 1. The Labute approximate surface area is 170 Å². The standard InChI is InChI=1S/C16H19ClF3N5O3S/c1-2-25(12(26)5-9-29(27,28)22-8-6-16(18,19)20)14-13(23-24-15(14)17)11-4-3-7-21-10-11/h3-4,7,10,22H,2,5-6,8-9H2,1H3,(H,23,24). The Morgan fingerprint density at radius 2 is 2.10 bits per heavy atom. The lowest BCUT2D eigenvalue weighted by atomic mass is 10.1. The molecule has 2 aromatic heterocycles. The van der Waals surface area contributed by atoms with Crippen LogP contribution in [0.15, 0.2) is 24.5 Å². The molecule has 0 saturated carbocycles. The topological polar surface area (TPSA) is 108 Å². The molecular formula is C16H19ClF3N5O3S. The van der Waals surface area contributed by atoms with Gasteiger partial charge in [-0.15, -0.1) is 0 Å². The molecule has 2 aromatic rings. The third kappa shape index (κ3) is 6.68. The van der Waals surface area contributed by atoms with E-state index in [0.29, 0.717) is 11.3 Å². The molecule has 0 saturated heterocycles. The lowest BCUT2D eigenvalue weighted by Gasteiger charge is -2.21. The number of hydrogen-bond acceptors (Lipinski definition) is 5. The molecule has 0 spiro atoms. The maximum Gasteiger partial charge on any atom is 0.390 e. The van der Waals surface area contributed by atoms with Gasteiger partial charge in [0.05, 0.1) is 12.2 Å². The fourth-order valence-corrected chi connectivity index (χ4v) is 3.74. The number of halogens is 4. The first-order chi connectivity index (χ1) is 13.5. The molecule has 0 atom stereocenters. The van der Waals surface area contributed by atoms with Crippen molar-refractivity contribution in [3.05, 3.63) is 29.7 Å². The molecule has 0 aromatic carbocycles. The van der Waals surface area contributed by atoms with Crippen LogP contribution in [0.1, 0.15) is 19.8 Å². The molecule has 8 nitrogen and oxygen atoms in total. The van der Waals surface area contributed by atoms with Crippen molar-refractivity contribution in [3.8, 4) is 11.3 Å². The first-order valence-corrected chi connectivity index (χ1v) is 10.6. The maximum atomic E-state index is 12.6. The number of amides is 1. The largest absolute Gasteiger partial charge is 0.390 e. The third-order valence-electron chi connectivity index (χ3n) is 3.84. The van der Waals surface area contributed by atoms with Crippen molar-refractivity contribution in [3.63, 3.8) is 0 Å². The molecule has 0 unspecified atom stereocenters. The summed E-state index contributed by atoms with van der Waals surface area (Å²) < 4.78 is 62.0. The zero-order valence-electron chi connectivity index (χ0n) is 15.3. The maximum absolute atomic E-state index is 12.6. The summed E-state index contributed by atoms with van der Waals surface area (Å²) in [6, 6.07) is 3.40. The molecule has 0 fully saturated rings. The van der Waals surface area contributed by atoms with E-state index < -0.39 is 47.2 Å². The van der Waals surface area contributed by atoms with Crippen molar-refractivity contribution < 1.29 is 26.4 Å². The number of aromatic nitrogens is 3. The van der Waals surface area contributed by atoms with Gasteiger partial charge in [0.2, 0.25) is 15.9 Å². The average molecular weight is 454 g/mol. The normalized spacial score (nSPS) is 12.2. The van der Waals surface area contributed by atoms with Gasteiger partial charge >= 0.3 is 6.18 Å². The average Bonchev–Trinajstić information content (AvgIpc) is 3.02. The summed E-state index contributed by atoms with van der Waals surface area (Å²) in [7, 11) is -4.05. The first-order valence-electron chi connectivity index (χ1n) is 8.53. The number of pyridine rings is 1. The van der Waals surface area contributed by atoms with Gasteiger partial charge in [0.1, 0.15) is 16.5 Å². The summed E-state index contributed by atoms with van der Waals surface area (Å²) in [5.74, 6) is -1.22. The van der Waals surface area contributed by atoms with E-state index in [1.165, 1.54) is 11.1 Å². The van der Waals surface area contributed by atoms with E-state index in [9.17, 15) is 26.4 Å². The number of aromatic amines is 1. The van der Waals surface area contributed by atoms with Crippen LogP contribution < -0.4 is 9.62 Å². The molecule has 29 heavy (non-hydrogen) atoms. The Bertz CT molecular complexity index is 935. The number of rotatable bonds is 9. The van der Waals surface area contributed by atoms with Gasteiger partial charge in [-0.2, -0.15) is 18.3 Å². The number of nitrogens with one attached hydrogen (secondary N) is 2. The summed E-state index contributed by atoms with van der Waals surface area (Å²) in [6.45, 7) is 1.06. The Hall–Kier alpha value is -2.18. The summed E-state index contributed by atoms with van der Waals surface area (Å²) in [5.41, 5.74) is 1.23. The molecule has 13 heteroatoms. The van der Waals surface area contributed by atoms with Crippen molar-refractivity contribution in [2.24, 2.45) is 0 Å². The van der Waals surface area contributed by atoms with E-state index in [1.807, 2.05) is 4.72 Å². The van der Waals surface area contributed by atoms with Crippen molar-refractivity contribution in [1.29, 1.82) is 0 Å². The highest BCUT2D eigenvalue weighted by molar-refractivity contribution is 7.89. The van der Waals surface area contributed by atoms with Crippen LogP contribution in [0.3, 0.4) is 0 Å². The minimum atomic E-state index is -4.47. The summed E-state index contributed by atoms with van der Waals surface area (Å²) in [4.78, 5) is 17.9. The lowest BCUT2D eigenvalue weighted by Crippen LogP contribution is -2.35. The van der Waals surface area contributed by atoms with Crippen LogP contribution in [0.4, 0.5) is 18.9 Å². The summed E-state index contributed by atoms with van der Waals surface area (Å²) in [6.07, 6.45) is -3.11. The highest BCUT2D eigenvalue weighted by atomic mass is 35.5. The first kappa shape index (κ1) is 23.1. The Balaban J connectivity index is 2.10. The van der Waals surface area contributed by atoms with E-state index >= 15 is 0 Å². The Morgan fingerprint density at radius 1 is 1.38 bits per heavy atom. The fourth-order valence-electron chi connectivity index (χ4n) is 2.50. The Morgan fingerprint density at radius 3 is 2.69 bits per heavy atom. The molecule has 0 aliphatic rings. The predicted molar refractivity (Wildman–Crippen MR) is 102 cm³/mol. The smallest absolute Gasteiger partial charge is 0.308 e. The minimum Gasteiger partial charge on any atom is -0.308 e. The predicted octanol–water partition coefficient (Wildman–Crippen LogP) is 2.74. The Kier molecular flexibility index (Phi) is 7.60. The van der Waals surface area contributed by atoms with Gasteiger partial charge in [0.15, 0.2) is 0 Å². The van der Waals surface area contributed by atoms with Crippen LogP contribution in [0.25, 0.3) is 11.3 Å². The molecule has 2 heterocycles. The zero-order valence-corrected chi connectivity index (χ0v) is 16.9. The van der Waals surface area contributed by atoms with Gasteiger partial charge in [-0.05, 0) is 19.1 Å². The third-order valence-corrected chi connectivity index (χ3v) is 5.48. The van der Waals surface area contributed by atoms with Gasteiger partial charge in [-0.3, -0.25) is 14.9 Å². The van der Waals surface area contributed by atoms with E-state index in [4.69, 9.17) is 11.6 Å². The van der Waals surface area contributed by atoms with E-state index in [0.717, 1.165) is 0 Å². The number of carbonyl (C=O) groups excluding carboxylic acids is 1. The molecule has 160 valence electrons. The zero-order chi connectivity index (χ0) is 21.7. The van der Waals surface area contributed by atoms with Gasteiger partial charge in [0.25, 0.3) is 0 Å². The van der Waals surface area contributed by atoms with Gasteiger partial charge in [-0.25, -0.2) is 13.1 Å². The van der Waals surface area contributed by atoms with Crippen LogP contribution in [0.5, 0.6) is 0 Å². The van der Waals surface area contributed by atoms with Crippen molar-refractivity contribution in [1.82, 2.24) is 19.9 Å². The molecule has 2 N–H and O–H groups in total. The molecule has 0 bridgehead atoms. The van der Waals surface area contributed by atoms with Crippen LogP contribution >= 0.6 is 11.6 Å². The monoisotopic (exact) mass is 453 g/mol. The number of sulfonamides is 1. The summed E-state index contributed by atoms with van der Waals surface area (Å²) >= 11 is 6.14. The summed E-state index contributed by atoms with van der Waals surface area (Å²) in [5, 5.41) is 6.75. The molecular weight excluding hydrogens is 435 g/mol. The van der Waals surface area contributed by atoms with Crippen LogP contribution in [-0.4, -0.2) is 54.5 Å². The highest BCUT2D eigenvalue weighted by Crippen LogP contribution is 2.34. The molecule has 1 amide bonds.